The Hall–Kier alpha value is -0.570. The highest BCUT2D eigenvalue weighted by Crippen LogP contribution is 2.52. The highest BCUT2D eigenvalue weighted by Gasteiger charge is 2.53. The van der Waals surface area contributed by atoms with Crippen molar-refractivity contribution in [1.29, 1.82) is 0 Å². The summed E-state index contributed by atoms with van der Waals surface area (Å²) >= 11 is 3.72. The lowest BCUT2D eigenvalue weighted by molar-refractivity contribution is -0.0412. The van der Waals surface area contributed by atoms with Gasteiger partial charge in [0.2, 0.25) is 0 Å². The van der Waals surface area contributed by atoms with Crippen LogP contribution in [0.2, 0.25) is 0 Å². The fraction of sp³-hybridized carbons (Fsp3) is 0.571. The summed E-state index contributed by atoms with van der Waals surface area (Å²) in [7, 11) is 0. The lowest BCUT2D eigenvalue weighted by Crippen LogP contribution is -2.56. The van der Waals surface area contributed by atoms with Crippen LogP contribution in [0, 0.1) is 11.2 Å². The van der Waals surface area contributed by atoms with E-state index in [1.165, 1.54) is 12.1 Å². The van der Waals surface area contributed by atoms with E-state index in [-0.39, 0.29) is 17.3 Å². The largest absolute Gasteiger partial charge is 0.490 e. The maximum absolute atomic E-state index is 13.1. The number of benzene rings is 1. The Morgan fingerprint density at radius 1 is 1.41 bits per heavy atom. The third-order valence-electron chi connectivity index (χ3n) is 4.08. The smallest absolute Gasteiger partial charge is 0.126 e. The number of alkyl halides is 1. The highest BCUT2D eigenvalue weighted by atomic mass is 79.9. The quantitative estimate of drug-likeness (QED) is 0.742. The molecule has 17 heavy (non-hydrogen) atoms. The van der Waals surface area contributed by atoms with Crippen LogP contribution in [-0.4, -0.2) is 10.9 Å². The van der Waals surface area contributed by atoms with Crippen molar-refractivity contribution in [2.75, 3.05) is 0 Å². The molecule has 1 fully saturated rings. The monoisotopic (exact) mass is 300 g/mol. The molecule has 1 aromatic rings. The molecule has 0 amide bonds. The molecular formula is C14H18BrFO. The Kier molecular flexibility index (Phi) is 3.76. The third kappa shape index (κ3) is 2.22. The van der Waals surface area contributed by atoms with Gasteiger partial charge in [0.05, 0.1) is 0 Å². The minimum atomic E-state index is -0.240. The second kappa shape index (κ2) is 4.97. The Balaban J connectivity index is 2.10. The van der Waals surface area contributed by atoms with Crippen LogP contribution >= 0.6 is 15.9 Å². The van der Waals surface area contributed by atoms with Gasteiger partial charge in [-0.15, -0.1) is 0 Å². The topological polar surface area (TPSA) is 9.23 Å². The van der Waals surface area contributed by atoms with Gasteiger partial charge >= 0.3 is 0 Å². The van der Waals surface area contributed by atoms with Gasteiger partial charge in [-0.1, -0.05) is 35.8 Å². The summed E-state index contributed by atoms with van der Waals surface area (Å²) in [4.78, 5) is 0.517. The first-order valence-electron chi connectivity index (χ1n) is 6.18. The van der Waals surface area contributed by atoms with E-state index in [4.69, 9.17) is 4.74 Å². The van der Waals surface area contributed by atoms with Crippen molar-refractivity contribution in [3.05, 3.63) is 30.1 Å². The summed E-state index contributed by atoms with van der Waals surface area (Å²) in [5, 5.41) is 0. The molecule has 0 bridgehead atoms. The number of hydrogen-bond donors (Lipinski definition) is 0. The molecule has 0 saturated heterocycles. The predicted octanol–water partition coefficient (Wildman–Crippen LogP) is 4.55. The normalized spacial score (nSPS) is 26.4. The van der Waals surface area contributed by atoms with Gasteiger partial charge in [0, 0.05) is 16.3 Å². The van der Waals surface area contributed by atoms with Gasteiger partial charge in [0.25, 0.3) is 0 Å². The van der Waals surface area contributed by atoms with Crippen molar-refractivity contribution in [1.82, 2.24) is 0 Å². The molecule has 2 atom stereocenters. The molecule has 0 radical (unpaired) electrons. The lowest BCUT2D eigenvalue weighted by atomic mass is 9.62. The van der Waals surface area contributed by atoms with Gasteiger partial charge in [-0.25, -0.2) is 4.39 Å². The average Bonchev–Trinajstić information content (AvgIpc) is 2.30. The van der Waals surface area contributed by atoms with E-state index in [9.17, 15) is 4.39 Å². The highest BCUT2D eigenvalue weighted by molar-refractivity contribution is 9.09. The van der Waals surface area contributed by atoms with Gasteiger partial charge in [0.15, 0.2) is 0 Å². The molecule has 1 saturated carbocycles. The molecule has 2 unspecified atom stereocenters. The molecule has 0 aromatic heterocycles. The van der Waals surface area contributed by atoms with Crippen molar-refractivity contribution < 1.29 is 9.13 Å². The van der Waals surface area contributed by atoms with Crippen LogP contribution in [0.4, 0.5) is 4.39 Å². The minimum absolute atomic E-state index is 0.198. The molecule has 1 aromatic carbocycles. The molecule has 1 nitrogen and oxygen atoms in total. The first kappa shape index (κ1) is 12.9. The number of rotatable bonds is 4. The Morgan fingerprint density at radius 2 is 2.12 bits per heavy atom. The van der Waals surface area contributed by atoms with Crippen LogP contribution in [-0.2, 0) is 0 Å². The first-order valence-corrected chi connectivity index (χ1v) is 7.10. The SMILES string of the molecule is CCC1(CC)C(Br)CC1Oc1cccc(F)c1. The van der Waals surface area contributed by atoms with Crippen LogP contribution in [0.1, 0.15) is 33.1 Å². The van der Waals surface area contributed by atoms with Crippen LogP contribution in [0.5, 0.6) is 5.75 Å². The standard InChI is InChI=1S/C14H18BrFO/c1-3-14(4-2)12(15)9-13(14)17-11-7-5-6-10(16)8-11/h5-8,12-13H,3-4,9H2,1-2H3. The Labute approximate surface area is 110 Å². The number of halogens is 2. The molecule has 1 aliphatic carbocycles. The number of ether oxygens (including phenoxy) is 1. The zero-order valence-electron chi connectivity index (χ0n) is 10.2. The Bertz CT molecular complexity index is 390. The van der Waals surface area contributed by atoms with E-state index in [2.05, 4.69) is 29.8 Å². The van der Waals surface area contributed by atoms with E-state index in [0.717, 1.165) is 19.3 Å². The van der Waals surface area contributed by atoms with E-state index in [0.29, 0.717) is 10.6 Å². The van der Waals surface area contributed by atoms with Crippen LogP contribution in [0.3, 0.4) is 0 Å². The zero-order chi connectivity index (χ0) is 12.5. The minimum Gasteiger partial charge on any atom is -0.490 e. The summed E-state index contributed by atoms with van der Waals surface area (Å²) in [6.45, 7) is 4.39. The predicted molar refractivity (Wildman–Crippen MR) is 71.2 cm³/mol. The van der Waals surface area contributed by atoms with Gasteiger partial charge in [0.1, 0.15) is 17.7 Å². The summed E-state index contributed by atoms with van der Waals surface area (Å²) in [6, 6.07) is 6.40. The van der Waals surface area contributed by atoms with E-state index in [1.807, 2.05) is 6.07 Å². The van der Waals surface area contributed by atoms with E-state index >= 15 is 0 Å². The summed E-state index contributed by atoms with van der Waals surface area (Å²) in [5.41, 5.74) is 0.201. The number of hydrogen-bond acceptors (Lipinski definition) is 1. The van der Waals surface area contributed by atoms with Crippen LogP contribution in [0.15, 0.2) is 24.3 Å². The molecule has 3 heteroatoms. The van der Waals surface area contributed by atoms with E-state index in [1.54, 1.807) is 6.07 Å². The summed E-state index contributed by atoms with van der Waals surface area (Å²) in [5.74, 6) is 0.400. The van der Waals surface area contributed by atoms with Gasteiger partial charge in [-0.2, -0.15) is 0 Å². The molecule has 2 rings (SSSR count). The Morgan fingerprint density at radius 3 is 2.65 bits per heavy atom. The molecule has 0 heterocycles. The fourth-order valence-electron chi connectivity index (χ4n) is 2.72. The van der Waals surface area contributed by atoms with Crippen molar-refractivity contribution in [2.45, 2.75) is 44.0 Å². The van der Waals surface area contributed by atoms with Crippen LogP contribution in [0.25, 0.3) is 0 Å². The molecule has 0 aliphatic heterocycles. The fourth-order valence-corrected chi connectivity index (χ4v) is 4.00. The molecule has 1 aliphatic rings. The third-order valence-corrected chi connectivity index (χ3v) is 5.36. The maximum Gasteiger partial charge on any atom is 0.126 e. The van der Waals surface area contributed by atoms with Crippen molar-refractivity contribution >= 4 is 15.9 Å². The lowest BCUT2D eigenvalue weighted by Gasteiger charge is -2.52. The van der Waals surface area contributed by atoms with Crippen molar-refractivity contribution in [3.63, 3.8) is 0 Å². The van der Waals surface area contributed by atoms with Gasteiger partial charge in [-0.3, -0.25) is 0 Å². The van der Waals surface area contributed by atoms with Crippen LogP contribution < -0.4 is 4.74 Å². The van der Waals surface area contributed by atoms with E-state index < -0.39 is 0 Å². The van der Waals surface area contributed by atoms with Gasteiger partial charge < -0.3 is 4.74 Å². The second-order valence-electron chi connectivity index (χ2n) is 4.71. The summed E-state index contributed by atoms with van der Waals surface area (Å²) in [6.07, 6.45) is 3.36. The maximum atomic E-state index is 13.1. The molecule has 0 N–H and O–H groups in total. The second-order valence-corrected chi connectivity index (χ2v) is 5.81. The molecule has 94 valence electrons. The summed E-state index contributed by atoms with van der Waals surface area (Å²) < 4.78 is 19.0. The molecular weight excluding hydrogens is 283 g/mol. The van der Waals surface area contributed by atoms with Crippen molar-refractivity contribution in [3.8, 4) is 5.75 Å². The molecule has 0 spiro atoms. The average molecular weight is 301 g/mol. The zero-order valence-corrected chi connectivity index (χ0v) is 11.8. The first-order chi connectivity index (χ1) is 8.12. The van der Waals surface area contributed by atoms with Crippen molar-refractivity contribution in [2.24, 2.45) is 5.41 Å². The van der Waals surface area contributed by atoms with Gasteiger partial charge in [-0.05, 0) is 31.4 Å².